The molecule has 0 bridgehead atoms. The summed E-state index contributed by atoms with van der Waals surface area (Å²) in [5, 5.41) is 0. The number of amides is 1. The lowest BCUT2D eigenvalue weighted by molar-refractivity contribution is 0.0526. The molecule has 1 aromatic heterocycles. The fourth-order valence-corrected chi connectivity index (χ4v) is 3.44. The van der Waals surface area contributed by atoms with Gasteiger partial charge in [-0.25, -0.2) is 4.79 Å². The number of methoxy groups -OCH3 is 1. The van der Waals surface area contributed by atoms with Crippen molar-refractivity contribution >= 4 is 33.5 Å². The summed E-state index contributed by atoms with van der Waals surface area (Å²) in [6.45, 7) is 2.39. The molecule has 1 amide bonds. The third-order valence-corrected chi connectivity index (χ3v) is 5.02. The van der Waals surface area contributed by atoms with Crippen LogP contribution < -0.4 is 9.64 Å². The summed E-state index contributed by atoms with van der Waals surface area (Å²) < 4.78 is 11.0. The van der Waals surface area contributed by atoms with Crippen LogP contribution in [0.5, 0.6) is 5.75 Å². The highest BCUT2D eigenvalue weighted by atomic mass is 79.9. The highest BCUT2D eigenvalue weighted by Gasteiger charge is 2.20. The van der Waals surface area contributed by atoms with Crippen LogP contribution in [0, 0.1) is 0 Å². The average Bonchev–Trinajstić information content (AvgIpc) is 2.78. The minimum atomic E-state index is -0.395. The van der Waals surface area contributed by atoms with Gasteiger partial charge >= 0.3 is 5.97 Å². The lowest BCUT2D eigenvalue weighted by Crippen LogP contribution is -2.30. The Morgan fingerprint density at radius 1 is 1.07 bits per heavy atom. The SMILES string of the molecule is CCOC(=O)c1ccc(N(Cc2cccnc2)C(=O)c2ccc(OC)c(Br)c2)cc1. The zero-order chi connectivity index (χ0) is 21.5. The molecule has 0 aliphatic carbocycles. The third-order valence-electron chi connectivity index (χ3n) is 4.40. The number of aromatic nitrogens is 1. The van der Waals surface area contributed by atoms with Crippen molar-refractivity contribution in [1.29, 1.82) is 0 Å². The quantitative estimate of drug-likeness (QED) is 0.462. The predicted molar refractivity (Wildman–Crippen MR) is 118 cm³/mol. The van der Waals surface area contributed by atoms with Crippen molar-refractivity contribution in [3.05, 3.63) is 88.2 Å². The first kappa shape index (κ1) is 21.5. The van der Waals surface area contributed by atoms with Gasteiger partial charge in [-0.05, 0) is 76.9 Å². The highest BCUT2D eigenvalue weighted by molar-refractivity contribution is 9.10. The molecule has 7 heteroatoms. The maximum absolute atomic E-state index is 13.4. The Morgan fingerprint density at radius 3 is 2.40 bits per heavy atom. The first-order valence-electron chi connectivity index (χ1n) is 9.35. The van der Waals surface area contributed by atoms with Crippen LogP contribution in [-0.4, -0.2) is 30.6 Å². The molecule has 6 nitrogen and oxygen atoms in total. The Hall–Kier alpha value is -3.19. The third kappa shape index (κ3) is 5.04. The van der Waals surface area contributed by atoms with Crippen molar-refractivity contribution in [1.82, 2.24) is 4.98 Å². The molecule has 0 aliphatic heterocycles. The summed E-state index contributed by atoms with van der Waals surface area (Å²) in [6.07, 6.45) is 3.40. The number of rotatable bonds is 7. The molecule has 154 valence electrons. The molecule has 0 saturated heterocycles. The maximum atomic E-state index is 13.4. The molecule has 0 fully saturated rings. The predicted octanol–water partition coefficient (Wildman–Crippen LogP) is 4.88. The van der Waals surface area contributed by atoms with Crippen LogP contribution in [0.4, 0.5) is 5.69 Å². The van der Waals surface area contributed by atoms with E-state index in [1.54, 1.807) is 73.8 Å². The van der Waals surface area contributed by atoms with Crippen molar-refractivity contribution in [3.63, 3.8) is 0 Å². The lowest BCUT2D eigenvalue weighted by Gasteiger charge is -2.23. The van der Waals surface area contributed by atoms with Gasteiger partial charge in [-0.15, -0.1) is 0 Å². The van der Waals surface area contributed by atoms with E-state index in [-0.39, 0.29) is 5.91 Å². The minimum absolute atomic E-state index is 0.189. The van der Waals surface area contributed by atoms with Crippen LogP contribution >= 0.6 is 15.9 Å². The van der Waals surface area contributed by atoms with E-state index in [2.05, 4.69) is 20.9 Å². The summed E-state index contributed by atoms with van der Waals surface area (Å²) in [6, 6.07) is 15.7. The Bertz CT molecular complexity index is 1020. The second-order valence-electron chi connectivity index (χ2n) is 6.37. The van der Waals surface area contributed by atoms with Crippen molar-refractivity contribution in [2.75, 3.05) is 18.6 Å². The molecule has 2 aromatic carbocycles. The number of hydrogen-bond acceptors (Lipinski definition) is 5. The first-order chi connectivity index (χ1) is 14.5. The van der Waals surface area contributed by atoms with Gasteiger partial charge in [0.1, 0.15) is 5.75 Å². The van der Waals surface area contributed by atoms with Crippen molar-refractivity contribution in [3.8, 4) is 5.75 Å². The summed E-state index contributed by atoms with van der Waals surface area (Å²) in [7, 11) is 1.57. The molecular weight excluding hydrogens is 448 g/mol. The minimum Gasteiger partial charge on any atom is -0.496 e. The summed E-state index contributed by atoms with van der Waals surface area (Å²) in [5.74, 6) is 0.0588. The molecule has 0 atom stereocenters. The van der Waals surface area contributed by atoms with E-state index < -0.39 is 5.97 Å². The van der Waals surface area contributed by atoms with Crippen molar-refractivity contribution in [2.24, 2.45) is 0 Å². The van der Waals surface area contributed by atoms with Gasteiger partial charge in [-0.2, -0.15) is 0 Å². The Balaban J connectivity index is 1.95. The standard InChI is InChI=1S/C23H21BrN2O4/c1-3-30-23(28)17-6-9-19(10-7-17)26(15-16-5-4-12-25-14-16)22(27)18-8-11-21(29-2)20(24)13-18/h4-14H,3,15H2,1-2H3. The number of pyridine rings is 1. The number of halogens is 1. The van der Waals surface area contributed by atoms with Gasteiger partial charge in [0.05, 0.1) is 30.3 Å². The molecule has 0 saturated carbocycles. The number of anilines is 1. The molecule has 0 spiro atoms. The van der Waals surface area contributed by atoms with E-state index in [4.69, 9.17) is 9.47 Å². The monoisotopic (exact) mass is 468 g/mol. The fourth-order valence-electron chi connectivity index (χ4n) is 2.90. The van der Waals surface area contributed by atoms with Crippen LogP contribution in [0.2, 0.25) is 0 Å². The van der Waals surface area contributed by atoms with Gasteiger partial charge in [0.2, 0.25) is 0 Å². The average molecular weight is 469 g/mol. The largest absolute Gasteiger partial charge is 0.496 e. The lowest BCUT2D eigenvalue weighted by atomic mass is 10.1. The van der Waals surface area contributed by atoms with Crippen molar-refractivity contribution in [2.45, 2.75) is 13.5 Å². The van der Waals surface area contributed by atoms with Crippen LogP contribution in [0.25, 0.3) is 0 Å². The van der Waals surface area contributed by atoms with E-state index in [0.717, 1.165) is 5.56 Å². The second kappa shape index (κ2) is 10.0. The van der Waals surface area contributed by atoms with Gasteiger partial charge < -0.3 is 14.4 Å². The summed E-state index contributed by atoms with van der Waals surface area (Å²) in [5.41, 5.74) is 2.47. The second-order valence-corrected chi connectivity index (χ2v) is 7.22. The van der Waals surface area contributed by atoms with Crippen LogP contribution in [-0.2, 0) is 11.3 Å². The highest BCUT2D eigenvalue weighted by Crippen LogP contribution is 2.28. The molecule has 0 aliphatic rings. The number of carbonyl (C=O) groups is 2. The Kier molecular flexibility index (Phi) is 7.19. The van der Waals surface area contributed by atoms with E-state index in [1.165, 1.54) is 0 Å². The molecule has 30 heavy (non-hydrogen) atoms. The Morgan fingerprint density at radius 2 is 1.80 bits per heavy atom. The number of carbonyl (C=O) groups excluding carboxylic acids is 2. The van der Waals surface area contributed by atoms with E-state index in [0.29, 0.717) is 40.2 Å². The maximum Gasteiger partial charge on any atom is 0.338 e. The fraction of sp³-hybridized carbons (Fsp3) is 0.174. The van der Waals surface area contributed by atoms with Crippen LogP contribution in [0.15, 0.2) is 71.5 Å². The summed E-state index contributed by atoms with van der Waals surface area (Å²) >= 11 is 3.43. The number of nitrogens with zero attached hydrogens (tertiary/aromatic N) is 2. The van der Waals surface area contributed by atoms with Crippen molar-refractivity contribution < 1.29 is 19.1 Å². The van der Waals surface area contributed by atoms with Crippen LogP contribution in [0.3, 0.4) is 0 Å². The van der Waals surface area contributed by atoms with Gasteiger partial charge in [0.25, 0.3) is 5.91 Å². The van der Waals surface area contributed by atoms with Gasteiger partial charge in [0, 0.05) is 23.6 Å². The molecule has 3 aromatic rings. The summed E-state index contributed by atoms with van der Waals surface area (Å²) in [4.78, 5) is 31.1. The number of ether oxygens (including phenoxy) is 2. The number of esters is 1. The molecule has 0 unspecified atom stereocenters. The van der Waals surface area contributed by atoms with E-state index >= 15 is 0 Å². The van der Waals surface area contributed by atoms with Gasteiger partial charge in [0.15, 0.2) is 0 Å². The zero-order valence-electron chi connectivity index (χ0n) is 16.7. The van der Waals surface area contributed by atoms with Gasteiger partial charge in [-0.1, -0.05) is 6.07 Å². The molecule has 0 radical (unpaired) electrons. The zero-order valence-corrected chi connectivity index (χ0v) is 18.3. The van der Waals surface area contributed by atoms with E-state index in [9.17, 15) is 9.59 Å². The number of benzene rings is 2. The molecule has 1 heterocycles. The first-order valence-corrected chi connectivity index (χ1v) is 10.1. The topological polar surface area (TPSA) is 68.7 Å². The normalized spacial score (nSPS) is 10.4. The Labute approximate surface area is 183 Å². The smallest absolute Gasteiger partial charge is 0.338 e. The van der Waals surface area contributed by atoms with Gasteiger partial charge in [-0.3, -0.25) is 9.78 Å². The van der Waals surface area contributed by atoms with E-state index in [1.807, 2.05) is 12.1 Å². The molecule has 0 N–H and O–H groups in total. The van der Waals surface area contributed by atoms with Crippen LogP contribution in [0.1, 0.15) is 33.2 Å². The molecule has 3 rings (SSSR count). The number of hydrogen-bond donors (Lipinski definition) is 0. The molecular formula is C23H21BrN2O4.